The molecule has 0 spiro atoms. The first-order valence-electron chi connectivity index (χ1n) is 7.33. The third kappa shape index (κ3) is 4.04. The number of halogens is 2. The summed E-state index contributed by atoms with van der Waals surface area (Å²) in [7, 11) is -3.77. The topological polar surface area (TPSA) is 72.2 Å². The average molecular weight is 397 g/mol. The van der Waals surface area contributed by atoms with Crippen LogP contribution in [0.2, 0.25) is 10.0 Å². The number of nitrogens with zero attached hydrogens (tertiary/aromatic N) is 1. The molecule has 1 aromatic heterocycles. The van der Waals surface area contributed by atoms with Crippen LogP contribution in [0.5, 0.6) is 0 Å². The summed E-state index contributed by atoms with van der Waals surface area (Å²) in [5.41, 5.74) is 1.99. The molecule has 0 radical (unpaired) electrons. The summed E-state index contributed by atoms with van der Waals surface area (Å²) in [5, 5.41) is 4.74. The Hall–Kier alpha value is -1.86. The molecule has 0 unspecified atom stereocenters. The van der Waals surface area contributed by atoms with E-state index < -0.39 is 10.0 Å². The molecule has 2 aromatic carbocycles. The lowest BCUT2D eigenvalue weighted by Crippen LogP contribution is -2.24. The SMILES string of the molecule is Cc1cccc(Cl)c1S(=O)(=O)NCc1cc(-c2ccc(Cl)cc2)no1. The van der Waals surface area contributed by atoms with Gasteiger partial charge < -0.3 is 4.52 Å². The number of benzene rings is 2. The monoisotopic (exact) mass is 396 g/mol. The van der Waals surface area contributed by atoms with Gasteiger partial charge in [0.05, 0.1) is 11.6 Å². The van der Waals surface area contributed by atoms with Gasteiger partial charge in [0.25, 0.3) is 0 Å². The third-order valence-electron chi connectivity index (χ3n) is 3.57. The molecule has 130 valence electrons. The number of sulfonamides is 1. The zero-order valence-corrected chi connectivity index (χ0v) is 15.5. The van der Waals surface area contributed by atoms with Gasteiger partial charge in [-0.15, -0.1) is 0 Å². The molecule has 5 nitrogen and oxygen atoms in total. The molecule has 0 aliphatic heterocycles. The fraction of sp³-hybridized carbons (Fsp3) is 0.118. The molecule has 0 saturated heterocycles. The van der Waals surface area contributed by atoms with Gasteiger partial charge in [-0.05, 0) is 30.7 Å². The van der Waals surface area contributed by atoms with Gasteiger partial charge in [-0.25, -0.2) is 13.1 Å². The van der Waals surface area contributed by atoms with Crippen molar-refractivity contribution in [2.24, 2.45) is 0 Å². The molecule has 3 aromatic rings. The number of nitrogens with one attached hydrogen (secondary N) is 1. The van der Waals surface area contributed by atoms with E-state index >= 15 is 0 Å². The summed E-state index contributed by atoms with van der Waals surface area (Å²) in [5.74, 6) is 0.387. The second kappa shape index (κ2) is 7.17. The van der Waals surface area contributed by atoms with E-state index in [9.17, 15) is 8.42 Å². The van der Waals surface area contributed by atoms with Gasteiger partial charge in [-0.1, -0.05) is 52.6 Å². The lowest BCUT2D eigenvalue weighted by atomic mass is 10.1. The van der Waals surface area contributed by atoms with E-state index in [2.05, 4.69) is 9.88 Å². The van der Waals surface area contributed by atoms with E-state index in [1.54, 1.807) is 49.4 Å². The fourth-order valence-electron chi connectivity index (χ4n) is 2.35. The van der Waals surface area contributed by atoms with Crippen molar-refractivity contribution in [2.45, 2.75) is 18.4 Å². The molecule has 0 amide bonds. The number of rotatable bonds is 5. The van der Waals surface area contributed by atoms with Gasteiger partial charge in [-0.2, -0.15) is 0 Å². The maximum Gasteiger partial charge on any atom is 0.242 e. The molecule has 0 fully saturated rings. The molecule has 8 heteroatoms. The van der Waals surface area contributed by atoms with E-state index in [1.807, 2.05) is 0 Å². The van der Waals surface area contributed by atoms with E-state index in [4.69, 9.17) is 27.7 Å². The molecule has 0 aliphatic rings. The summed E-state index contributed by atoms with van der Waals surface area (Å²) in [6.07, 6.45) is 0. The van der Waals surface area contributed by atoms with Gasteiger partial charge in [0, 0.05) is 16.7 Å². The van der Waals surface area contributed by atoms with Crippen molar-refractivity contribution in [3.05, 3.63) is 69.9 Å². The molecular weight excluding hydrogens is 383 g/mol. The summed E-state index contributed by atoms with van der Waals surface area (Å²) in [6, 6.07) is 13.7. The van der Waals surface area contributed by atoms with Crippen molar-refractivity contribution in [3.8, 4) is 11.3 Å². The van der Waals surface area contributed by atoms with Crippen LogP contribution in [0.25, 0.3) is 11.3 Å². The number of hydrogen-bond donors (Lipinski definition) is 1. The number of aryl methyl sites for hydroxylation is 1. The molecule has 0 bridgehead atoms. The lowest BCUT2D eigenvalue weighted by Gasteiger charge is -2.09. The van der Waals surface area contributed by atoms with E-state index in [0.29, 0.717) is 22.0 Å². The van der Waals surface area contributed by atoms with Gasteiger partial charge in [0.1, 0.15) is 10.6 Å². The Morgan fingerprint density at radius 2 is 1.84 bits per heavy atom. The first kappa shape index (κ1) is 17.9. The highest BCUT2D eigenvalue weighted by molar-refractivity contribution is 7.89. The van der Waals surface area contributed by atoms with Gasteiger partial charge in [-0.3, -0.25) is 0 Å². The molecule has 0 atom stereocenters. The van der Waals surface area contributed by atoms with E-state index in [0.717, 1.165) is 5.56 Å². The molecule has 25 heavy (non-hydrogen) atoms. The fourth-order valence-corrected chi connectivity index (χ4v) is 4.29. The normalized spacial score (nSPS) is 11.6. The summed E-state index contributed by atoms with van der Waals surface area (Å²) < 4.78 is 32.7. The first-order valence-corrected chi connectivity index (χ1v) is 9.57. The molecule has 3 rings (SSSR count). The molecular formula is C17H14Cl2N2O3S. The van der Waals surface area contributed by atoms with Crippen molar-refractivity contribution in [1.29, 1.82) is 0 Å². The Kier molecular flexibility index (Phi) is 5.15. The predicted molar refractivity (Wildman–Crippen MR) is 97.2 cm³/mol. The van der Waals surface area contributed by atoms with Crippen LogP contribution in [0, 0.1) is 6.92 Å². The largest absolute Gasteiger partial charge is 0.359 e. The predicted octanol–water partition coefficient (Wildman–Crippen LogP) is 4.44. The zero-order valence-electron chi connectivity index (χ0n) is 13.2. The Bertz CT molecular complexity index is 979. The Balaban J connectivity index is 1.77. The van der Waals surface area contributed by atoms with E-state index in [-0.39, 0.29) is 16.5 Å². The second-order valence-electron chi connectivity index (χ2n) is 5.40. The van der Waals surface area contributed by atoms with Gasteiger partial charge in [0.2, 0.25) is 10.0 Å². The number of aromatic nitrogens is 1. The summed E-state index contributed by atoms with van der Waals surface area (Å²) in [4.78, 5) is 0.0640. The standard InChI is InChI=1S/C17H14Cl2N2O3S/c1-11-3-2-4-15(19)17(11)25(22,23)20-10-14-9-16(21-24-14)12-5-7-13(18)8-6-12/h2-9,20H,10H2,1H3. The Labute approximate surface area is 155 Å². The average Bonchev–Trinajstić information content (AvgIpc) is 3.02. The molecule has 0 aliphatic carbocycles. The molecule has 1 heterocycles. The van der Waals surface area contributed by atoms with Crippen molar-refractivity contribution < 1.29 is 12.9 Å². The third-order valence-corrected chi connectivity index (χ3v) is 5.85. The Morgan fingerprint density at radius 1 is 1.12 bits per heavy atom. The van der Waals surface area contributed by atoms with Gasteiger partial charge in [0.15, 0.2) is 5.76 Å². The van der Waals surface area contributed by atoms with Crippen LogP contribution in [0.15, 0.2) is 57.9 Å². The van der Waals surface area contributed by atoms with Crippen LogP contribution in [-0.4, -0.2) is 13.6 Å². The smallest absolute Gasteiger partial charge is 0.242 e. The van der Waals surface area contributed by atoms with Crippen LogP contribution in [0.4, 0.5) is 0 Å². The van der Waals surface area contributed by atoms with Crippen LogP contribution < -0.4 is 4.72 Å². The van der Waals surface area contributed by atoms with Crippen molar-refractivity contribution in [1.82, 2.24) is 9.88 Å². The zero-order chi connectivity index (χ0) is 18.0. The van der Waals surface area contributed by atoms with Crippen LogP contribution in [-0.2, 0) is 16.6 Å². The molecule has 1 N–H and O–H groups in total. The molecule has 0 saturated carbocycles. The Morgan fingerprint density at radius 3 is 2.52 bits per heavy atom. The quantitative estimate of drug-likeness (QED) is 0.691. The second-order valence-corrected chi connectivity index (χ2v) is 7.94. The van der Waals surface area contributed by atoms with Crippen LogP contribution in [0.1, 0.15) is 11.3 Å². The van der Waals surface area contributed by atoms with Crippen molar-refractivity contribution in [3.63, 3.8) is 0 Å². The van der Waals surface area contributed by atoms with E-state index in [1.165, 1.54) is 6.07 Å². The van der Waals surface area contributed by atoms with Gasteiger partial charge >= 0.3 is 0 Å². The van der Waals surface area contributed by atoms with Crippen molar-refractivity contribution >= 4 is 33.2 Å². The maximum atomic E-state index is 12.5. The van der Waals surface area contributed by atoms with Crippen LogP contribution >= 0.6 is 23.2 Å². The van der Waals surface area contributed by atoms with Crippen molar-refractivity contribution in [2.75, 3.05) is 0 Å². The number of hydrogen-bond acceptors (Lipinski definition) is 4. The minimum absolute atomic E-state index is 0.0341. The highest BCUT2D eigenvalue weighted by atomic mass is 35.5. The minimum Gasteiger partial charge on any atom is -0.359 e. The lowest BCUT2D eigenvalue weighted by molar-refractivity contribution is 0.382. The summed E-state index contributed by atoms with van der Waals surface area (Å²) >= 11 is 11.9. The highest BCUT2D eigenvalue weighted by Crippen LogP contribution is 2.25. The maximum absolute atomic E-state index is 12.5. The highest BCUT2D eigenvalue weighted by Gasteiger charge is 2.21. The van der Waals surface area contributed by atoms with Crippen LogP contribution in [0.3, 0.4) is 0 Å². The summed E-state index contributed by atoms with van der Waals surface area (Å²) in [6.45, 7) is 1.65. The minimum atomic E-state index is -3.77. The first-order chi connectivity index (χ1) is 11.9.